The van der Waals surface area contributed by atoms with Gasteiger partial charge in [0.1, 0.15) is 0 Å². The van der Waals surface area contributed by atoms with Gasteiger partial charge in [0.15, 0.2) is 0 Å². The Kier molecular flexibility index (Phi) is 4.14. The summed E-state index contributed by atoms with van der Waals surface area (Å²) >= 11 is 0. The largest absolute Gasteiger partial charge is 0.306 e. The smallest absolute Gasteiger partial charge is 0.0125 e. The fourth-order valence-corrected chi connectivity index (χ4v) is 3.40. The molecule has 2 heterocycles. The van der Waals surface area contributed by atoms with E-state index in [9.17, 15) is 0 Å². The molecule has 2 saturated heterocycles. The van der Waals surface area contributed by atoms with Crippen LogP contribution in [0.15, 0.2) is 0 Å². The first-order valence-corrected chi connectivity index (χ1v) is 7.39. The molecule has 2 nitrogen and oxygen atoms in total. The van der Waals surface area contributed by atoms with Crippen LogP contribution in [0, 0.1) is 11.8 Å². The van der Waals surface area contributed by atoms with Gasteiger partial charge < -0.3 is 4.90 Å². The third-order valence-electron chi connectivity index (χ3n) is 4.74. The van der Waals surface area contributed by atoms with Crippen molar-refractivity contribution < 1.29 is 0 Å². The fourth-order valence-electron chi connectivity index (χ4n) is 3.40. The Morgan fingerprint density at radius 1 is 0.941 bits per heavy atom. The molecule has 17 heavy (non-hydrogen) atoms. The van der Waals surface area contributed by atoms with E-state index in [4.69, 9.17) is 0 Å². The van der Waals surface area contributed by atoms with Crippen molar-refractivity contribution in [3.05, 3.63) is 0 Å². The highest BCUT2D eigenvalue weighted by Crippen LogP contribution is 2.31. The highest BCUT2D eigenvalue weighted by molar-refractivity contribution is 4.86. The number of likely N-dealkylation sites (tertiary alicyclic amines) is 2. The molecule has 0 amide bonds. The molecule has 0 unspecified atom stereocenters. The first-order valence-electron chi connectivity index (χ1n) is 7.39. The van der Waals surface area contributed by atoms with Crippen molar-refractivity contribution in [3.63, 3.8) is 0 Å². The van der Waals surface area contributed by atoms with Gasteiger partial charge in [-0.3, -0.25) is 4.90 Å². The van der Waals surface area contributed by atoms with Crippen LogP contribution in [0.3, 0.4) is 0 Å². The van der Waals surface area contributed by atoms with E-state index in [1.165, 1.54) is 51.9 Å². The molecule has 0 radical (unpaired) electrons. The molecule has 0 aromatic heterocycles. The highest BCUT2D eigenvalue weighted by Gasteiger charge is 2.31. The van der Waals surface area contributed by atoms with E-state index in [1.807, 2.05) is 0 Å². The molecule has 0 bridgehead atoms. The monoisotopic (exact) mass is 238 g/mol. The highest BCUT2D eigenvalue weighted by atomic mass is 15.2. The Hall–Kier alpha value is -0.0800. The van der Waals surface area contributed by atoms with Crippen LogP contribution in [0.5, 0.6) is 0 Å². The molecule has 100 valence electrons. The lowest BCUT2D eigenvalue weighted by atomic mass is 9.87. The van der Waals surface area contributed by atoms with Gasteiger partial charge in [0.05, 0.1) is 0 Å². The van der Waals surface area contributed by atoms with Crippen LogP contribution in [0.1, 0.15) is 46.5 Å². The number of hydrogen-bond donors (Lipinski definition) is 0. The molecule has 0 aromatic carbocycles. The summed E-state index contributed by atoms with van der Waals surface area (Å²) < 4.78 is 0. The summed E-state index contributed by atoms with van der Waals surface area (Å²) in [6, 6.07) is 0. The summed E-state index contributed by atoms with van der Waals surface area (Å²) in [6.45, 7) is 12.4. The van der Waals surface area contributed by atoms with Gasteiger partial charge in [-0.25, -0.2) is 0 Å². The summed E-state index contributed by atoms with van der Waals surface area (Å²) in [5.74, 6) is 1.98. The zero-order chi connectivity index (χ0) is 12.5. The van der Waals surface area contributed by atoms with Gasteiger partial charge in [-0.05, 0) is 85.0 Å². The van der Waals surface area contributed by atoms with Crippen LogP contribution < -0.4 is 0 Å². The zero-order valence-electron chi connectivity index (χ0n) is 12.2. The van der Waals surface area contributed by atoms with Crippen molar-refractivity contribution in [2.75, 3.05) is 33.2 Å². The first kappa shape index (κ1) is 13.4. The van der Waals surface area contributed by atoms with Crippen LogP contribution in [0.25, 0.3) is 0 Å². The Morgan fingerprint density at radius 2 is 1.53 bits per heavy atom. The minimum absolute atomic E-state index is 0.377. The van der Waals surface area contributed by atoms with E-state index >= 15 is 0 Å². The van der Waals surface area contributed by atoms with E-state index in [0.717, 1.165) is 11.8 Å². The molecule has 2 aliphatic heterocycles. The summed E-state index contributed by atoms with van der Waals surface area (Å²) in [4.78, 5) is 5.15. The maximum atomic E-state index is 2.67. The summed E-state index contributed by atoms with van der Waals surface area (Å²) in [5, 5.41) is 0. The Bertz CT molecular complexity index is 236. The van der Waals surface area contributed by atoms with E-state index in [0.29, 0.717) is 5.54 Å². The second-order valence-corrected chi connectivity index (χ2v) is 7.25. The van der Waals surface area contributed by atoms with E-state index in [1.54, 1.807) is 0 Å². The van der Waals surface area contributed by atoms with Gasteiger partial charge in [-0.1, -0.05) is 0 Å². The Morgan fingerprint density at radius 3 is 2.06 bits per heavy atom. The van der Waals surface area contributed by atoms with Crippen molar-refractivity contribution in [3.8, 4) is 0 Å². The second kappa shape index (κ2) is 5.27. The van der Waals surface area contributed by atoms with Crippen LogP contribution >= 0.6 is 0 Å². The fraction of sp³-hybridized carbons (Fsp3) is 1.00. The van der Waals surface area contributed by atoms with Crippen LogP contribution in [0.4, 0.5) is 0 Å². The third-order valence-corrected chi connectivity index (χ3v) is 4.74. The minimum Gasteiger partial charge on any atom is -0.306 e. The number of nitrogens with zero attached hydrogens (tertiary/aromatic N) is 2. The molecule has 2 fully saturated rings. The quantitative estimate of drug-likeness (QED) is 0.730. The molecule has 2 rings (SSSR count). The van der Waals surface area contributed by atoms with Gasteiger partial charge in [-0.2, -0.15) is 0 Å². The number of hydrogen-bond acceptors (Lipinski definition) is 2. The van der Waals surface area contributed by atoms with Crippen molar-refractivity contribution in [2.45, 2.75) is 52.0 Å². The van der Waals surface area contributed by atoms with Gasteiger partial charge in [-0.15, -0.1) is 0 Å². The second-order valence-electron chi connectivity index (χ2n) is 7.25. The lowest BCUT2D eigenvalue weighted by molar-refractivity contribution is 0.157. The zero-order valence-corrected chi connectivity index (χ0v) is 12.2. The van der Waals surface area contributed by atoms with Crippen LogP contribution in [0.2, 0.25) is 0 Å². The third kappa shape index (κ3) is 3.69. The maximum absolute atomic E-state index is 2.67. The average Bonchev–Trinajstić information content (AvgIpc) is 2.69. The average molecular weight is 238 g/mol. The van der Waals surface area contributed by atoms with E-state index in [-0.39, 0.29) is 0 Å². The van der Waals surface area contributed by atoms with Crippen LogP contribution in [-0.2, 0) is 0 Å². The predicted octanol–water partition coefficient (Wildman–Crippen LogP) is 2.84. The lowest BCUT2D eigenvalue weighted by Gasteiger charge is -2.33. The molecular weight excluding hydrogens is 208 g/mol. The van der Waals surface area contributed by atoms with Crippen molar-refractivity contribution in [1.29, 1.82) is 0 Å². The summed E-state index contributed by atoms with van der Waals surface area (Å²) in [6.07, 6.45) is 5.79. The standard InChI is InChI=1S/C15H30N2/c1-15(2,3)17-10-7-14(12-17)11-13-5-8-16(4)9-6-13/h13-14H,5-12H2,1-4H3/t14-/m0/s1. The lowest BCUT2D eigenvalue weighted by Crippen LogP contribution is -2.39. The molecule has 2 aliphatic rings. The Labute approximate surface area is 107 Å². The molecule has 1 atom stereocenters. The molecule has 0 aromatic rings. The first-order chi connectivity index (χ1) is 7.95. The maximum Gasteiger partial charge on any atom is 0.0125 e. The van der Waals surface area contributed by atoms with Crippen LogP contribution in [-0.4, -0.2) is 48.6 Å². The SMILES string of the molecule is CN1CCC(C[C@@H]2CCN(C(C)(C)C)C2)CC1. The van der Waals surface area contributed by atoms with Crippen molar-refractivity contribution >= 4 is 0 Å². The van der Waals surface area contributed by atoms with Gasteiger partial charge in [0.2, 0.25) is 0 Å². The molecular formula is C15H30N2. The summed E-state index contributed by atoms with van der Waals surface area (Å²) in [7, 11) is 2.26. The van der Waals surface area contributed by atoms with E-state index < -0.39 is 0 Å². The molecule has 0 spiro atoms. The van der Waals surface area contributed by atoms with Gasteiger partial charge in [0, 0.05) is 12.1 Å². The molecule has 0 aliphatic carbocycles. The van der Waals surface area contributed by atoms with Gasteiger partial charge in [0.25, 0.3) is 0 Å². The van der Waals surface area contributed by atoms with E-state index in [2.05, 4.69) is 37.6 Å². The molecule has 0 saturated carbocycles. The molecule has 0 N–H and O–H groups in total. The molecule has 2 heteroatoms. The van der Waals surface area contributed by atoms with Crippen molar-refractivity contribution in [1.82, 2.24) is 9.80 Å². The predicted molar refractivity (Wildman–Crippen MR) is 74.3 cm³/mol. The minimum atomic E-state index is 0.377. The number of piperidine rings is 1. The van der Waals surface area contributed by atoms with Crippen molar-refractivity contribution in [2.24, 2.45) is 11.8 Å². The Balaban J connectivity index is 1.74. The normalized spacial score (nSPS) is 30.0. The summed E-state index contributed by atoms with van der Waals surface area (Å²) in [5.41, 5.74) is 0.377. The number of rotatable bonds is 2. The topological polar surface area (TPSA) is 6.48 Å². The van der Waals surface area contributed by atoms with Gasteiger partial charge >= 0.3 is 0 Å².